The Kier molecular flexibility index (Phi) is 6.03. The predicted octanol–water partition coefficient (Wildman–Crippen LogP) is -0.262. The zero-order chi connectivity index (χ0) is 11.8. The number of hydrogen-bond acceptors (Lipinski definition) is 4. The first kappa shape index (κ1) is 13.1. The van der Waals surface area contributed by atoms with E-state index >= 15 is 0 Å². The summed E-state index contributed by atoms with van der Waals surface area (Å²) in [6.45, 7) is 0.713. The molecule has 2 unspecified atom stereocenters. The van der Waals surface area contributed by atoms with Crippen molar-refractivity contribution in [3.8, 4) is 0 Å². The van der Waals surface area contributed by atoms with Crippen LogP contribution in [0, 0.1) is 5.92 Å². The smallest absolute Gasteiger partial charge is 0.0833 e. The summed E-state index contributed by atoms with van der Waals surface area (Å²) in [4.78, 5) is 0. The van der Waals surface area contributed by atoms with Gasteiger partial charge in [-0.1, -0.05) is 30.3 Å². The zero-order valence-corrected chi connectivity index (χ0v) is 9.21. The zero-order valence-electron chi connectivity index (χ0n) is 9.21. The molecule has 2 atom stereocenters. The molecule has 0 radical (unpaired) electrons. The molecule has 4 nitrogen and oxygen atoms in total. The van der Waals surface area contributed by atoms with Gasteiger partial charge in [-0.2, -0.15) is 0 Å². The average molecular weight is 225 g/mol. The van der Waals surface area contributed by atoms with Crippen molar-refractivity contribution < 1.29 is 15.3 Å². The van der Waals surface area contributed by atoms with E-state index in [0.29, 0.717) is 13.1 Å². The van der Waals surface area contributed by atoms with E-state index in [0.717, 1.165) is 5.56 Å². The Morgan fingerprint density at radius 3 is 2.31 bits per heavy atom. The molecule has 0 bridgehead atoms. The third-order valence-electron chi connectivity index (χ3n) is 2.54. The minimum atomic E-state index is -0.867. The Morgan fingerprint density at radius 2 is 1.75 bits per heavy atom. The lowest BCUT2D eigenvalue weighted by Crippen LogP contribution is -2.35. The van der Waals surface area contributed by atoms with Crippen LogP contribution in [0.5, 0.6) is 0 Å². The fraction of sp³-hybridized carbons (Fsp3) is 0.500. The normalized spacial score (nSPS) is 14.7. The van der Waals surface area contributed by atoms with Crippen molar-refractivity contribution >= 4 is 0 Å². The second kappa shape index (κ2) is 7.35. The van der Waals surface area contributed by atoms with Crippen molar-refractivity contribution in [3.05, 3.63) is 35.9 Å². The molecule has 0 spiro atoms. The fourth-order valence-corrected chi connectivity index (χ4v) is 1.47. The summed E-state index contributed by atoms with van der Waals surface area (Å²) in [6.07, 6.45) is -0.867. The highest BCUT2D eigenvalue weighted by Crippen LogP contribution is 2.02. The molecule has 0 fully saturated rings. The van der Waals surface area contributed by atoms with Crippen LogP contribution in [0.3, 0.4) is 0 Å². The first-order valence-electron chi connectivity index (χ1n) is 5.42. The van der Waals surface area contributed by atoms with Crippen molar-refractivity contribution in [3.63, 3.8) is 0 Å². The Bertz CT molecular complexity index is 279. The van der Waals surface area contributed by atoms with Gasteiger partial charge in [-0.05, 0) is 5.56 Å². The number of nitrogens with one attached hydrogen (secondary N) is 1. The van der Waals surface area contributed by atoms with Crippen molar-refractivity contribution in [1.82, 2.24) is 5.32 Å². The molecule has 4 heteroatoms. The minimum Gasteiger partial charge on any atom is -0.396 e. The van der Waals surface area contributed by atoms with Crippen LogP contribution in [0.2, 0.25) is 0 Å². The van der Waals surface area contributed by atoms with Gasteiger partial charge in [-0.15, -0.1) is 0 Å². The second-order valence-corrected chi connectivity index (χ2v) is 3.81. The van der Waals surface area contributed by atoms with E-state index in [-0.39, 0.29) is 19.1 Å². The first-order valence-corrected chi connectivity index (χ1v) is 5.42. The van der Waals surface area contributed by atoms with Gasteiger partial charge in [0, 0.05) is 25.6 Å². The number of aliphatic hydroxyl groups is 3. The highest BCUT2D eigenvalue weighted by atomic mass is 16.3. The summed E-state index contributed by atoms with van der Waals surface area (Å²) in [7, 11) is 0. The number of hydrogen-bond donors (Lipinski definition) is 4. The van der Waals surface area contributed by atoms with Gasteiger partial charge >= 0.3 is 0 Å². The minimum absolute atomic E-state index is 0.135. The van der Waals surface area contributed by atoms with E-state index in [1.807, 2.05) is 30.3 Å². The summed E-state index contributed by atoms with van der Waals surface area (Å²) in [5, 5.41) is 30.3. The maximum Gasteiger partial charge on any atom is 0.0833 e. The maximum absolute atomic E-state index is 9.36. The van der Waals surface area contributed by atoms with Crippen LogP contribution < -0.4 is 5.32 Å². The summed E-state index contributed by atoms with van der Waals surface area (Å²) in [5.41, 5.74) is 1.15. The Balaban J connectivity index is 2.28. The van der Waals surface area contributed by atoms with Crippen LogP contribution in [-0.4, -0.2) is 41.2 Å². The Hall–Kier alpha value is -0.940. The Labute approximate surface area is 95.6 Å². The summed E-state index contributed by atoms with van der Waals surface area (Å²) >= 11 is 0. The average Bonchev–Trinajstić information content (AvgIpc) is 2.35. The number of rotatable bonds is 7. The standard InChI is InChI=1S/C12H19NO3/c14-8-11(12(16)9-15)7-13-6-10-4-2-1-3-5-10/h1-5,11-16H,6-9H2. The molecule has 4 N–H and O–H groups in total. The summed E-state index contributed by atoms with van der Waals surface area (Å²) < 4.78 is 0. The largest absolute Gasteiger partial charge is 0.396 e. The van der Waals surface area contributed by atoms with Crippen LogP contribution >= 0.6 is 0 Å². The molecular weight excluding hydrogens is 206 g/mol. The van der Waals surface area contributed by atoms with E-state index in [4.69, 9.17) is 10.2 Å². The number of benzene rings is 1. The lowest BCUT2D eigenvalue weighted by atomic mass is 10.0. The molecule has 0 amide bonds. The molecule has 0 heterocycles. The van der Waals surface area contributed by atoms with Crippen molar-refractivity contribution in [2.75, 3.05) is 19.8 Å². The van der Waals surface area contributed by atoms with Crippen molar-refractivity contribution in [2.45, 2.75) is 12.6 Å². The fourth-order valence-electron chi connectivity index (χ4n) is 1.47. The quantitative estimate of drug-likeness (QED) is 0.516. The van der Waals surface area contributed by atoms with E-state index in [1.54, 1.807) is 0 Å². The summed E-state index contributed by atoms with van der Waals surface area (Å²) in [5.74, 6) is -0.325. The van der Waals surface area contributed by atoms with E-state index in [9.17, 15) is 5.11 Å². The molecule has 0 aromatic heterocycles. The molecule has 1 aromatic rings. The highest BCUT2D eigenvalue weighted by molar-refractivity contribution is 5.14. The Morgan fingerprint density at radius 1 is 1.06 bits per heavy atom. The van der Waals surface area contributed by atoms with Crippen LogP contribution in [0.15, 0.2) is 30.3 Å². The van der Waals surface area contributed by atoms with Crippen LogP contribution in [-0.2, 0) is 6.54 Å². The SMILES string of the molecule is OCC(O)C(CO)CNCc1ccccc1. The van der Waals surface area contributed by atoms with Gasteiger partial charge in [0.1, 0.15) is 0 Å². The third kappa shape index (κ3) is 4.28. The molecule has 0 saturated carbocycles. The van der Waals surface area contributed by atoms with Crippen LogP contribution in [0.1, 0.15) is 5.56 Å². The van der Waals surface area contributed by atoms with Crippen molar-refractivity contribution in [1.29, 1.82) is 0 Å². The maximum atomic E-state index is 9.36. The first-order chi connectivity index (χ1) is 7.77. The van der Waals surface area contributed by atoms with Gasteiger partial charge in [0.25, 0.3) is 0 Å². The van der Waals surface area contributed by atoms with E-state index in [2.05, 4.69) is 5.32 Å². The third-order valence-corrected chi connectivity index (χ3v) is 2.54. The number of aliphatic hydroxyl groups excluding tert-OH is 3. The monoisotopic (exact) mass is 225 g/mol. The molecule has 0 aliphatic rings. The lowest BCUT2D eigenvalue weighted by Gasteiger charge is -2.19. The van der Waals surface area contributed by atoms with Crippen molar-refractivity contribution in [2.24, 2.45) is 5.92 Å². The van der Waals surface area contributed by atoms with Crippen LogP contribution in [0.4, 0.5) is 0 Å². The highest BCUT2D eigenvalue weighted by Gasteiger charge is 2.16. The molecular formula is C12H19NO3. The molecule has 1 rings (SSSR count). The molecule has 1 aromatic carbocycles. The second-order valence-electron chi connectivity index (χ2n) is 3.81. The van der Waals surface area contributed by atoms with Gasteiger partial charge in [0.2, 0.25) is 0 Å². The molecule has 0 saturated heterocycles. The summed E-state index contributed by atoms with van der Waals surface area (Å²) in [6, 6.07) is 9.88. The van der Waals surface area contributed by atoms with E-state index in [1.165, 1.54) is 0 Å². The van der Waals surface area contributed by atoms with Gasteiger partial charge in [-0.3, -0.25) is 0 Å². The van der Waals surface area contributed by atoms with Gasteiger partial charge < -0.3 is 20.6 Å². The van der Waals surface area contributed by atoms with Crippen LogP contribution in [0.25, 0.3) is 0 Å². The topological polar surface area (TPSA) is 72.7 Å². The van der Waals surface area contributed by atoms with Gasteiger partial charge in [0.05, 0.1) is 12.7 Å². The van der Waals surface area contributed by atoms with Gasteiger partial charge in [0.15, 0.2) is 0 Å². The molecule has 16 heavy (non-hydrogen) atoms. The molecule has 90 valence electrons. The lowest BCUT2D eigenvalue weighted by molar-refractivity contribution is 0.0228. The van der Waals surface area contributed by atoms with E-state index < -0.39 is 6.10 Å². The van der Waals surface area contributed by atoms with Gasteiger partial charge in [-0.25, -0.2) is 0 Å². The predicted molar refractivity (Wildman–Crippen MR) is 61.8 cm³/mol. The molecule has 0 aliphatic carbocycles. The molecule has 0 aliphatic heterocycles.